The normalized spacial score (nSPS) is 16.4. The summed E-state index contributed by atoms with van der Waals surface area (Å²) in [6.07, 6.45) is 2.29. The zero-order valence-electron chi connectivity index (χ0n) is 13.9. The van der Waals surface area contributed by atoms with Gasteiger partial charge in [0.25, 0.3) is 0 Å². The number of hydrogen-bond acceptors (Lipinski definition) is 4. The minimum Gasteiger partial charge on any atom is -0.490 e. The fourth-order valence-corrected chi connectivity index (χ4v) is 2.52. The van der Waals surface area contributed by atoms with Crippen LogP contribution in [0.1, 0.15) is 39.2 Å². The van der Waals surface area contributed by atoms with Crippen LogP contribution in [-0.4, -0.2) is 35.7 Å². The van der Waals surface area contributed by atoms with Crippen molar-refractivity contribution < 1.29 is 14.6 Å². The Bertz CT molecular complexity index is 605. The number of rotatable bonds is 6. The number of hydrogen-bond donors (Lipinski definition) is 2. The van der Waals surface area contributed by atoms with Gasteiger partial charge in [0.2, 0.25) is 0 Å². The maximum Gasteiger partial charge on any atom is 0.156 e. The van der Waals surface area contributed by atoms with E-state index in [0.29, 0.717) is 30.2 Å². The minimum absolute atomic E-state index is 0.0583. The SMILES string of the molecule is CC(C)(C)NC[C@H](O)COc1cc(Cl)ccc1C1=CC(=O)CC1. The molecule has 0 heterocycles. The molecule has 0 aliphatic heterocycles. The molecule has 1 aliphatic rings. The topological polar surface area (TPSA) is 58.6 Å². The second-order valence-corrected chi connectivity index (χ2v) is 7.31. The molecule has 1 aliphatic carbocycles. The van der Waals surface area contributed by atoms with Gasteiger partial charge >= 0.3 is 0 Å². The number of β-amino-alcohol motifs (C(OH)–C–C–N with tert-alkyl or cyclic N) is 1. The van der Waals surface area contributed by atoms with Crippen molar-refractivity contribution in [1.29, 1.82) is 0 Å². The van der Waals surface area contributed by atoms with Gasteiger partial charge < -0.3 is 15.2 Å². The zero-order chi connectivity index (χ0) is 17.0. The zero-order valence-corrected chi connectivity index (χ0v) is 14.6. The van der Waals surface area contributed by atoms with Gasteiger partial charge in [-0.1, -0.05) is 11.6 Å². The van der Waals surface area contributed by atoms with Crippen molar-refractivity contribution in [3.8, 4) is 5.75 Å². The molecule has 0 spiro atoms. The van der Waals surface area contributed by atoms with Crippen molar-refractivity contribution in [2.75, 3.05) is 13.2 Å². The highest BCUT2D eigenvalue weighted by Gasteiger charge is 2.18. The minimum atomic E-state index is -0.625. The first-order chi connectivity index (χ1) is 10.7. The van der Waals surface area contributed by atoms with Gasteiger partial charge in [-0.3, -0.25) is 4.79 Å². The molecule has 0 radical (unpaired) electrons. The lowest BCUT2D eigenvalue weighted by molar-refractivity contribution is -0.114. The number of aliphatic hydroxyl groups excluding tert-OH is 1. The molecule has 0 unspecified atom stereocenters. The molecule has 0 bridgehead atoms. The average molecular weight is 338 g/mol. The quantitative estimate of drug-likeness (QED) is 0.836. The van der Waals surface area contributed by atoms with Gasteiger partial charge in [0.05, 0.1) is 0 Å². The Kier molecular flexibility index (Phi) is 5.84. The number of carbonyl (C=O) groups is 1. The molecule has 0 saturated carbocycles. The van der Waals surface area contributed by atoms with Gasteiger partial charge in [0.1, 0.15) is 18.5 Å². The van der Waals surface area contributed by atoms with E-state index in [1.165, 1.54) is 0 Å². The number of allylic oxidation sites excluding steroid dienone is 2. The summed E-state index contributed by atoms with van der Waals surface area (Å²) >= 11 is 6.05. The van der Waals surface area contributed by atoms with Crippen LogP contribution in [0.4, 0.5) is 0 Å². The number of ketones is 1. The molecule has 126 valence electrons. The summed E-state index contributed by atoms with van der Waals surface area (Å²) in [7, 11) is 0. The molecule has 0 saturated heterocycles. The van der Waals surface area contributed by atoms with E-state index in [1.54, 1.807) is 18.2 Å². The Morgan fingerprint density at radius 2 is 2.09 bits per heavy atom. The molecule has 1 aromatic rings. The first-order valence-corrected chi connectivity index (χ1v) is 8.21. The van der Waals surface area contributed by atoms with Crippen molar-refractivity contribution in [2.24, 2.45) is 0 Å². The first kappa shape index (κ1) is 18.0. The number of halogens is 1. The summed E-state index contributed by atoms with van der Waals surface area (Å²) < 4.78 is 5.77. The lowest BCUT2D eigenvalue weighted by Crippen LogP contribution is -2.42. The van der Waals surface area contributed by atoms with Crippen LogP contribution >= 0.6 is 11.6 Å². The fraction of sp³-hybridized carbons (Fsp3) is 0.500. The Labute approximate surface area is 142 Å². The second-order valence-electron chi connectivity index (χ2n) is 6.87. The van der Waals surface area contributed by atoms with E-state index >= 15 is 0 Å². The van der Waals surface area contributed by atoms with Crippen LogP contribution < -0.4 is 10.1 Å². The molecule has 0 amide bonds. The van der Waals surface area contributed by atoms with Gasteiger partial charge in [0.15, 0.2) is 5.78 Å². The van der Waals surface area contributed by atoms with Crippen LogP contribution in [0.15, 0.2) is 24.3 Å². The third-order valence-electron chi connectivity index (χ3n) is 3.56. The van der Waals surface area contributed by atoms with Crippen molar-refractivity contribution in [3.63, 3.8) is 0 Å². The molecule has 2 N–H and O–H groups in total. The Hall–Kier alpha value is -1.36. The molecular weight excluding hydrogens is 314 g/mol. The Morgan fingerprint density at radius 3 is 2.70 bits per heavy atom. The first-order valence-electron chi connectivity index (χ1n) is 7.84. The van der Waals surface area contributed by atoms with Gasteiger partial charge in [0, 0.05) is 29.1 Å². The number of benzene rings is 1. The molecule has 23 heavy (non-hydrogen) atoms. The molecule has 5 heteroatoms. The van der Waals surface area contributed by atoms with Crippen LogP contribution in [0.3, 0.4) is 0 Å². The van der Waals surface area contributed by atoms with E-state index in [1.807, 2.05) is 26.8 Å². The summed E-state index contributed by atoms with van der Waals surface area (Å²) in [5, 5.41) is 13.9. The summed E-state index contributed by atoms with van der Waals surface area (Å²) in [4.78, 5) is 11.5. The van der Waals surface area contributed by atoms with E-state index in [9.17, 15) is 9.90 Å². The standard InChI is InChI=1S/C18H24ClNO3/c1-18(2,3)20-10-15(22)11-23-17-9-13(19)5-7-16(17)12-4-6-14(21)8-12/h5,7-9,15,20,22H,4,6,10-11H2,1-3H3/t15-/m0/s1. The third kappa shape index (κ3) is 5.65. The predicted octanol–water partition coefficient (Wildman–Crippen LogP) is 3.21. The molecule has 0 fully saturated rings. The predicted molar refractivity (Wildman–Crippen MR) is 92.9 cm³/mol. The summed E-state index contributed by atoms with van der Waals surface area (Å²) in [6.45, 7) is 6.73. The lowest BCUT2D eigenvalue weighted by Gasteiger charge is -2.23. The number of nitrogens with one attached hydrogen (secondary N) is 1. The lowest BCUT2D eigenvalue weighted by atomic mass is 10.0. The highest BCUT2D eigenvalue weighted by atomic mass is 35.5. The maximum atomic E-state index is 11.5. The van der Waals surface area contributed by atoms with Crippen molar-refractivity contribution in [1.82, 2.24) is 5.32 Å². The van der Waals surface area contributed by atoms with Crippen LogP contribution in [0.2, 0.25) is 5.02 Å². The van der Waals surface area contributed by atoms with Gasteiger partial charge in [-0.2, -0.15) is 0 Å². The molecule has 1 aromatic carbocycles. The van der Waals surface area contributed by atoms with Gasteiger partial charge in [-0.05, 0) is 57.0 Å². The fourth-order valence-electron chi connectivity index (χ4n) is 2.36. The van der Waals surface area contributed by atoms with Gasteiger partial charge in [-0.15, -0.1) is 0 Å². The van der Waals surface area contributed by atoms with E-state index in [-0.39, 0.29) is 17.9 Å². The van der Waals surface area contributed by atoms with E-state index in [4.69, 9.17) is 16.3 Å². The highest BCUT2D eigenvalue weighted by Crippen LogP contribution is 2.34. The number of ether oxygens (including phenoxy) is 1. The molecule has 1 atom stereocenters. The average Bonchev–Trinajstić information content (AvgIpc) is 2.88. The van der Waals surface area contributed by atoms with Crippen LogP contribution in [0.25, 0.3) is 5.57 Å². The van der Waals surface area contributed by atoms with Gasteiger partial charge in [-0.25, -0.2) is 0 Å². The second kappa shape index (κ2) is 7.47. The third-order valence-corrected chi connectivity index (χ3v) is 3.80. The van der Waals surface area contributed by atoms with E-state index < -0.39 is 6.10 Å². The number of aliphatic hydroxyl groups is 1. The van der Waals surface area contributed by atoms with E-state index in [2.05, 4.69) is 5.32 Å². The molecule has 0 aromatic heterocycles. The van der Waals surface area contributed by atoms with Crippen LogP contribution in [0.5, 0.6) is 5.75 Å². The molecular formula is C18H24ClNO3. The summed E-state index contributed by atoms with van der Waals surface area (Å²) in [6, 6.07) is 5.37. The Balaban J connectivity index is 2.03. The monoisotopic (exact) mass is 337 g/mol. The molecule has 4 nitrogen and oxygen atoms in total. The Morgan fingerprint density at radius 1 is 1.35 bits per heavy atom. The smallest absolute Gasteiger partial charge is 0.156 e. The van der Waals surface area contributed by atoms with Crippen molar-refractivity contribution in [2.45, 2.75) is 45.3 Å². The maximum absolute atomic E-state index is 11.5. The highest BCUT2D eigenvalue weighted by molar-refractivity contribution is 6.30. The van der Waals surface area contributed by atoms with Crippen molar-refractivity contribution in [3.05, 3.63) is 34.9 Å². The van der Waals surface area contributed by atoms with Crippen LogP contribution in [-0.2, 0) is 4.79 Å². The van der Waals surface area contributed by atoms with E-state index in [0.717, 1.165) is 11.1 Å². The van der Waals surface area contributed by atoms with Crippen molar-refractivity contribution >= 4 is 23.0 Å². The number of carbonyl (C=O) groups excluding carboxylic acids is 1. The van der Waals surface area contributed by atoms with Crippen LogP contribution in [0, 0.1) is 0 Å². The molecule has 2 rings (SSSR count). The largest absolute Gasteiger partial charge is 0.490 e. The summed E-state index contributed by atoms with van der Waals surface area (Å²) in [5.41, 5.74) is 1.78. The summed E-state index contributed by atoms with van der Waals surface area (Å²) in [5.74, 6) is 0.739.